The van der Waals surface area contributed by atoms with Gasteiger partial charge in [0, 0.05) is 11.6 Å². The summed E-state index contributed by atoms with van der Waals surface area (Å²) in [5, 5.41) is 3.63. The van der Waals surface area contributed by atoms with E-state index < -0.39 is 23.2 Å². The molecule has 38 heavy (non-hydrogen) atoms. The van der Waals surface area contributed by atoms with Crippen LogP contribution in [-0.2, 0) is 11.6 Å². The molecule has 192 valence electrons. The van der Waals surface area contributed by atoms with Gasteiger partial charge in [-0.15, -0.1) is 0 Å². The minimum absolute atomic E-state index is 0.230. The smallest absolute Gasteiger partial charge is 0.252 e. The lowest BCUT2D eigenvalue weighted by Crippen LogP contribution is -2.23. The maximum atomic E-state index is 14.9. The Balaban J connectivity index is 1.63. The third-order valence-corrected chi connectivity index (χ3v) is 6.59. The molecular weight excluding hydrogens is 562 g/mol. The lowest BCUT2D eigenvalue weighted by atomic mass is 9.83. The van der Waals surface area contributed by atoms with Gasteiger partial charge in [-0.1, -0.05) is 36.4 Å². The fourth-order valence-corrected chi connectivity index (χ4v) is 4.31. The number of hydrogen-bond acceptors (Lipinski definition) is 4. The molecular formula is C28H20BrF4N5. The molecule has 0 aliphatic carbocycles. The van der Waals surface area contributed by atoms with Crippen molar-refractivity contribution >= 4 is 15.9 Å². The van der Waals surface area contributed by atoms with Gasteiger partial charge < -0.3 is 0 Å². The first-order chi connectivity index (χ1) is 18.0. The maximum absolute atomic E-state index is 14.9. The maximum Gasteiger partial charge on any atom is 0.435 e. The van der Waals surface area contributed by atoms with E-state index in [0.29, 0.717) is 21.7 Å². The van der Waals surface area contributed by atoms with Crippen LogP contribution in [0.2, 0.25) is 0 Å². The number of aromatic nitrogens is 5. The lowest BCUT2D eigenvalue weighted by Gasteiger charge is -2.25. The summed E-state index contributed by atoms with van der Waals surface area (Å²) in [6.45, 7) is 3.81. The number of pyridine rings is 3. The van der Waals surface area contributed by atoms with Crippen LogP contribution in [0, 0.1) is 5.95 Å². The lowest BCUT2D eigenvalue weighted by molar-refractivity contribution is -0.141. The topological polar surface area (TPSA) is 56.5 Å². The molecule has 4 heterocycles. The molecule has 0 amide bonds. The summed E-state index contributed by atoms with van der Waals surface area (Å²) in [5.74, 6) is -0.436. The zero-order valence-electron chi connectivity index (χ0n) is 20.2. The molecule has 5 aromatic rings. The molecule has 0 aliphatic heterocycles. The fourth-order valence-electron chi connectivity index (χ4n) is 4.02. The van der Waals surface area contributed by atoms with Gasteiger partial charge in [0.05, 0.1) is 22.6 Å². The molecule has 0 bridgehead atoms. The minimum Gasteiger partial charge on any atom is -0.252 e. The first-order valence-electron chi connectivity index (χ1n) is 11.5. The van der Waals surface area contributed by atoms with Crippen molar-refractivity contribution in [2.75, 3.05) is 0 Å². The summed E-state index contributed by atoms with van der Waals surface area (Å²) in [4.78, 5) is 13.3. The quantitative estimate of drug-likeness (QED) is 0.158. The summed E-state index contributed by atoms with van der Waals surface area (Å²) in [7, 11) is 0. The Kier molecular flexibility index (Phi) is 6.60. The van der Waals surface area contributed by atoms with E-state index in [-0.39, 0.29) is 11.4 Å². The molecule has 4 aromatic heterocycles. The van der Waals surface area contributed by atoms with Crippen molar-refractivity contribution < 1.29 is 17.6 Å². The van der Waals surface area contributed by atoms with E-state index in [0.717, 1.165) is 21.9 Å². The van der Waals surface area contributed by atoms with Gasteiger partial charge in [0.2, 0.25) is 5.95 Å². The zero-order chi connectivity index (χ0) is 27.1. The SMILES string of the molecule is CC(C)(c1cc(-c2ccccc2)cc(-c2ccc(Br)nc2F)n1)c1cccc(-n2ccc(C(F)(F)F)n2)n1. The highest BCUT2D eigenvalue weighted by molar-refractivity contribution is 9.10. The monoisotopic (exact) mass is 581 g/mol. The van der Waals surface area contributed by atoms with E-state index in [4.69, 9.17) is 4.98 Å². The average molecular weight is 582 g/mol. The van der Waals surface area contributed by atoms with Crippen molar-refractivity contribution in [3.63, 3.8) is 0 Å². The second-order valence-electron chi connectivity index (χ2n) is 9.11. The standard InChI is InChI=1S/C28H20BrF4N5/c1-27(2,21-9-6-10-25(35-21)38-14-13-22(37-38)28(31,32)33)23-16-18(17-7-4-3-5-8-17)15-20(34-23)19-11-12-24(29)36-26(19)30/h3-16H,1-2H3. The van der Waals surface area contributed by atoms with Crippen LogP contribution in [-0.4, -0.2) is 24.7 Å². The summed E-state index contributed by atoms with van der Waals surface area (Å²) in [5.41, 5.74) is 1.70. The number of alkyl halides is 3. The van der Waals surface area contributed by atoms with Crippen molar-refractivity contribution in [1.82, 2.24) is 24.7 Å². The predicted molar refractivity (Wildman–Crippen MR) is 139 cm³/mol. The zero-order valence-corrected chi connectivity index (χ0v) is 21.8. The van der Waals surface area contributed by atoms with Gasteiger partial charge in [-0.05, 0) is 83.4 Å². The van der Waals surface area contributed by atoms with Crippen molar-refractivity contribution in [3.8, 4) is 28.2 Å². The third kappa shape index (κ3) is 5.08. The number of benzene rings is 1. The van der Waals surface area contributed by atoms with Crippen LogP contribution < -0.4 is 0 Å². The Labute approximate surface area is 224 Å². The van der Waals surface area contributed by atoms with E-state index in [2.05, 4.69) is 31.0 Å². The number of hydrogen-bond donors (Lipinski definition) is 0. The Morgan fingerprint density at radius 1 is 0.737 bits per heavy atom. The molecule has 5 nitrogen and oxygen atoms in total. The molecule has 0 atom stereocenters. The molecule has 0 spiro atoms. The first kappa shape index (κ1) is 25.7. The van der Waals surface area contributed by atoms with E-state index in [9.17, 15) is 17.6 Å². The largest absolute Gasteiger partial charge is 0.435 e. The highest BCUT2D eigenvalue weighted by Gasteiger charge is 2.34. The van der Waals surface area contributed by atoms with Crippen molar-refractivity contribution in [2.24, 2.45) is 0 Å². The summed E-state index contributed by atoms with van der Waals surface area (Å²) in [6, 6.07) is 22.5. The second kappa shape index (κ2) is 9.75. The van der Waals surface area contributed by atoms with Crippen LogP contribution in [0.25, 0.3) is 28.2 Å². The molecule has 0 fully saturated rings. The van der Waals surface area contributed by atoms with Gasteiger partial charge in [-0.2, -0.15) is 22.7 Å². The molecule has 0 saturated carbocycles. The van der Waals surface area contributed by atoms with Gasteiger partial charge in [0.15, 0.2) is 11.5 Å². The van der Waals surface area contributed by atoms with Gasteiger partial charge in [0.1, 0.15) is 4.60 Å². The van der Waals surface area contributed by atoms with Gasteiger partial charge in [-0.3, -0.25) is 4.98 Å². The molecule has 0 saturated heterocycles. The summed E-state index contributed by atoms with van der Waals surface area (Å²) >= 11 is 3.19. The molecule has 0 aliphatic rings. The second-order valence-corrected chi connectivity index (χ2v) is 9.93. The number of halogens is 5. The van der Waals surface area contributed by atoms with Gasteiger partial charge in [-0.25, -0.2) is 14.6 Å². The van der Waals surface area contributed by atoms with Crippen LogP contribution in [0.4, 0.5) is 17.6 Å². The Morgan fingerprint density at radius 3 is 2.18 bits per heavy atom. The molecule has 0 N–H and O–H groups in total. The highest BCUT2D eigenvalue weighted by atomic mass is 79.9. The molecule has 5 rings (SSSR count). The average Bonchev–Trinajstić information content (AvgIpc) is 3.40. The molecule has 0 radical (unpaired) electrons. The first-order valence-corrected chi connectivity index (χ1v) is 12.3. The number of rotatable bonds is 5. The number of nitrogens with zero attached hydrogens (tertiary/aromatic N) is 5. The molecule has 10 heteroatoms. The highest BCUT2D eigenvalue weighted by Crippen LogP contribution is 2.35. The Bertz CT molecular complexity index is 1610. The van der Waals surface area contributed by atoms with Crippen LogP contribution in [0.1, 0.15) is 30.9 Å². The Hall–Kier alpha value is -3.92. The van der Waals surface area contributed by atoms with Gasteiger partial charge in [0.25, 0.3) is 0 Å². The van der Waals surface area contributed by atoms with E-state index in [1.165, 1.54) is 6.20 Å². The van der Waals surface area contributed by atoms with E-state index in [1.807, 2.05) is 50.2 Å². The summed E-state index contributed by atoms with van der Waals surface area (Å²) in [6.07, 6.45) is -3.34. The van der Waals surface area contributed by atoms with Crippen molar-refractivity contribution in [1.29, 1.82) is 0 Å². The normalized spacial score (nSPS) is 12.1. The molecule has 1 aromatic carbocycles. The predicted octanol–water partition coefficient (Wildman–Crippen LogP) is 7.64. The minimum atomic E-state index is -4.56. The van der Waals surface area contributed by atoms with Crippen LogP contribution >= 0.6 is 15.9 Å². The van der Waals surface area contributed by atoms with Crippen LogP contribution in [0.15, 0.2) is 89.7 Å². The van der Waals surface area contributed by atoms with E-state index in [1.54, 1.807) is 36.4 Å². The molecule has 0 unspecified atom stereocenters. The van der Waals surface area contributed by atoms with Gasteiger partial charge >= 0.3 is 6.18 Å². The van der Waals surface area contributed by atoms with Crippen molar-refractivity contribution in [3.05, 3.63) is 113 Å². The van der Waals surface area contributed by atoms with Crippen LogP contribution in [0.5, 0.6) is 0 Å². The fraction of sp³-hybridized carbons (Fsp3) is 0.143. The van der Waals surface area contributed by atoms with Crippen molar-refractivity contribution in [2.45, 2.75) is 25.4 Å². The Morgan fingerprint density at radius 2 is 1.50 bits per heavy atom. The van der Waals surface area contributed by atoms with E-state index >= 15 is 0 Å². The third-order valence-electron chi connectivity index (χ3n) is 6.15. The van der Waals surface area contributed by atoms with Crippen LogP contribution in [0.3, 0.4) is 0 Å². The summed E-state index contributed by atoms with van der Waals surface area (Å²) < 4.78 is 55.5.